The van der Waals surface area contributed by atoms with Crippen LogP contribution in [-0.2, 0) is 19.2 Å². The number of aliphatic carboxylic acids is 1. The molecule has 0 saturated carbocycles. The molecule has 0 aromatic carbocycles. The van der Waals surface area contributed by atoms with Gasteiger partial charge in [-0.25, -0.2) is 4.79 Å². The number of aliphatic imine (C=N–C) groups is 2. The Morgan fingerprint density at radius 3 is 1.76 bits per heavy atom. The third-order valence-electron chi connectivity index (χ3n) is 5.46. The number of carbonyl (C=O) groups is 4. The fourth-order valence-corrected chi connectivity index (χ4v) is 3.28. The van der Waals surface area contributed by atoms with Gasteiger partial charge < -0.3 is 49.7 Å². The van der Waals surface area contributed by atoms with Gasteiger partial charge in [-0.15, -0.1) is 0 Å². The maximum Gasteiger partial charge on any atom is 0.326 e. The first-order valence-electron chi connectivity index (χ1n) is 11.9. The van der Waals surface area contributed by atoms with Crippen molar-refractivity contribution in [1.29, 1.82) is 0 Å². The summed E-state index contributed by atoms with van der Waals surface area (Å²) in [5.74, 6) is -3.61. The van der Waals surface area contributed by atoms with Crippen molar-refractivity contribution in [2.45, 2.75) is 70.1 Å². The van der Waals surface area contributed by atoms with Crippen LogP contribution in [0.2, 0.25) is 0 Å². The molecule has 5 atom stereocenters. The first-order chi connectivity index (χ1) is 17.3. The van der Waals surface area contributed by atoms with Crippen molar-refractivity contribution in [3.63, 3.8) is 0 Å². The molecule has 0 rings (SSSR count). The van der Waals surface area contributed by atoms with E-state index in [0.29, 0.717) is 19.3 Å². The van der Waals surface area contributed by atoms with Gasteiger partial charge in [-0.1, -0.05) is 20.3 Å². The van der Waals surface area contributed by atoms with Crippen molar-refractivity contribution < 1.29 is 24.3 Å². The Balaban J connectivity index is 5.63. The summed E-state index contributed by atoms with van der Waals surface area (Å²) < 4.78 is 0. The first-order valence-corrected chi connectivity index (χ1v) is 12.6. The molecule has 0 aliphatic heterocycles. The van der Waals surface area contributed by atoms with Gasteiger partial charge in [0.2, 0.25) is 17.7 Å². The fraction of sp³-hybridized carbons (Fsp3) is 0.714. The summed E-state index contributed by atoms with van der Waals surface area (Å²) in [6.07, 6.45) is 1.31. The van der Waals surface area contributed by atoms with Gasteiger partial charge in [-0.3, -0.25) is 24.4 Å². The van der Waals surface area contributed by atoms with Crippen molar-refractivity contribution in [3.05, 3.63) is 0 Å². The molecule has 0 bridgehead atoms. The molecule has 212 valence electrons. The molecular weight excluding hydrogens is 504 g/mol. The van der Waals surface area contributed by atoms with Gasteiger partial charge in [0.1, 0.15) is 18.1 Å². The van der Waals surface area contributed by atoms with Crippen molar-refractivity contribution >= 4 is 48.2 Å². The van der Waals surface area contributed by atoms with E-state index < -0.39 is 47.9 Å². The lowest BCUT2D eigenvalue weighted by Gasteiger charge is -2.28. The van der Waals surface area contributed by atoms with Crippen LogP contribution in [0.15, 0.2) is 9.98 Å². The lowest BCUT2D eigenvalue weighted by Crippen LogP contribution is -2.58. The zero-order valence-corrected chi connectivity index (χ0v) is 22.2. The van der Waals surface area contributed by atoms with Crippen molar-refractivity contribution in [1.82, 2.24) is 16.0 Å². The summed E-state index contributed by atoms with van der Waals surface area (Å²) >= 11 is 4.00. The van der Waals surface area contributed by atoms with E-state index in [1.54, 1.807) is 6.92 Å². The second-order valence-corrected chi connectivity index (χ2v) is 8.88. The SMILES string of the molecule is CCC(C)C(NC(=O)C(N)CS)C(=O)NC(CCCN=C(N)N)C(=O)NC(CCCN=C(N)N)C(=O)O. The molecule has 0 fully saturated rings. The minimum atomic E-state index is -1.26. The molecule has 0 aliphatic carbocycles. The largest absolute Gasteiger partial charge is 0.480 e. The number of carbonyl (C=O) groups excluding carboxylic acids is 3. The van der Waals surface area contributed by atoms with E-state index in [4.69, 9.17) is 28.7 Å². The highest BCUT2D eigenvalue weighted by Crippen LogP contribution is 2.10. The van der Waals surface area contributed by atoms with Crippen molar-refractivity contribution in [2.24, 2.45) is 44.6 Å². The summed E-state index contributed by atoms with van der Waals surface area (Å²) in [6.45, 7) is 3.98. The Bertz CT molecular complexity index is 818. The number of nitrogens with one attached hydrogen (secondary N) is 3. The van der Waals surface area contributed by atoms with Gasteiger partial charge in [0.15, 0.2) is 11.9 Å². The molecule has 0 aliphatic rings. The Hall–Kier alpha value is -3.27. The molecule has 5 unspecified atom stereocenters. The topological polar surface area (TPSA) is 279 Å². The standard InChI is InChI=1S/C21H42N10O5S/c1-3-11(2)15(31-16(32)12(22)10-37)18(34)29-13(6-4-8-27-20(23)24)17(33)30-14(19(35)36)7-5-9-28-21(25)26/h11-15,37H,3-10,22H2,1-2H3,(H,29,34)(H,30,33)(H,31,32)(H,35,36)(H4,23,24,27)(H4,25,26,28). The molecule has 0 aromatic rings. The predicted molar refractivity (Wildman–Crippen MR) is 145 cm³/mol. The van der Waals surface area contributed by atoms with Crippen molar-refractivity contribution in [3.8, 4) is 0 Å². The van der Waals surface area contributed by atoms with E-state index in [1.807, 2.05) is 6.92 Å². The third kappa shape index (κ3) is 14.2. The summed E-state index contributed by atoms with van der Waals surface area (Å²) in [7, 11) is 0. The van der Waals surface area contributed by atoms with E-state index in [0.717, 1.165) is 0 Å². The Kier molecular flexibility index (Phi) is 16.5. The summed E-state index contributed by atoms with van der Waals surface area (Å²) in [5.41, 5.74) is 26.9. The maximum atomic E-state index is 13.2. The first kappa shape index (κ1) is 33.7. The van der Waals surface area contributed by atoms with Crippen LogP contribution in [0, 0.1) is 5.92 Å². The van der Waals surface area contributed by atoms with Gasteiger partial charge in [-0.05, 0) is 31.6 Å². The van der Waals surface area contributed by atoms with Gasteiger partial charge in [-0.2, -0.15) is 12.6 Å². The normalized spacial score (nSPS) is 14.7. The maximum absolute atomic E-state index is 13.2. The molecule has 15 nitrogen and oxygen atoms in total. The van der Waals surface area contributed by atoms with Gasteiger partial charge in [0.05, 0.1) is 6.04 Å². The smallest absolute Gasteiger partial charge is 0.326 e. The molecule has 0 radical (unpaired) electrons. The Morgan fingerprint density at radius 2 is 1.32 bits per heavy atom. The van der Waals surface area contributed by atoms with Crippen LogP contribution in [-0.4, -0.2) is 83.7 Å². The number of hydrogen-bond acceptors (Lipinski definition) is 8. The number of nitrogens with two attached hydrogens (primary N) is 5. The number of carboxylic acid groups (broad SMARTS) is 1. The molecule has 0 saturated heterocycles. The molecular formula is C21H42N10O5S. The molecule has 3 amide bonds. The average molecular weight is 547 g/mol. The monoisotopic (exact) mass is 546 g/mol. The Labute approximate surface area is 222 Å². The van der Waals surface area contributed by atoms with Crippen LogP contribution in [0.4, 0.5) is 0 Å². The second kappa shape index (κ2) is 18.0. The van der Waals surface area contributed by atoms with Crippen molar-refractivity contribution in [2.75, 3.05) is 18.8 Å². The minimum Gasteiger partial charge on any atom is -0.480 e. The molecule has 0 heterocycles. The summed E-state index contributed by atoms with van der Waals surface area (Å²) in [6, 6.07) is -4.26. The molecule has 14 N–H and O–H groups in total. The summed E-state index contributed by atoms with van der Waals surface area (Å²) in [4.78, 5) is 57.9. The zero-order valence-electron chi connectivity index (χ0n) is 21.4. The highest BCUT2D eigenvalue weighted by Gasteiger charge is 2.32. The van der Waals surface area contributed by atoms with E-state index >= 15 is 0 Å². The van der Waals surface area contributed by atoms with Gasteiger partial charge in [0, 0.05) is 18.8 Å². The van der Waals surface area contributed by atoms with E-state index in [9.17, 15) is 24.3 Å². The molecule has 16 heteroatoms. The fourth-order valence-electron chi connectivity index (χ4n) is 3.11. The van der Waals surface area contributed by atoms with E-state index in [2.05, 4.69) is 38.6 Å². The lowest BCUT2D eigenvalue weighted by atomic mass is 9.97. The number of hydrogen-bond donors (Lipinski definition) is 10. The van der Waals surface area contributed by atoms with E-state index in [1.165, 1.54) is 0 Å². The quantitative estimate of drug-likeness (QED) is 0.0358. The van der Waals surface area contributed by atoms with Crippen LogP contribution in [0.3, 0.4) is 0 Å². The highest BCUT2D eigenvalue weighted by atomic mass is 32.1. The third-order valence-corrected chi connectivity index (χ3v) is 5.86. The molecule has 0 aromatic heterocycles. The predicted octanol–water partition coefficient (Wildman–Crippen LogP) is -3.06. The number of carboxylic acids is 1. The molecule has 37 heavy (non-hydrogen) atoms. The lowest BCUT2D eigenvalue weighted by molar-refractivity contribution is -0.142. The van der Waals surface area contributed by atoms with Crippen LogP contribution < -0.4 is 44.6 Å². The highest BCUT2D eigenvalue weighted by molar-refractivity contribution is 7.80. The summed E-state index contributed by atoms with van der Waals surface area (Å²) in [5, 5.41) is 17.2. The zero-order chi connectivity index (χ0) is 28.5. The Morgan fingerprint density at radius 1 is 0.838 bits per heavy atom. The molecule has 0 spiro atoms. The number of rotatable bonds is 18. The number of nitrogens with zero attached hydrogens (tertiary/aromatic N) is 2. The van der Waals surface area contributed by atoms with Crippen LogP contribution in [0.1, 0.15) is 46.0 Å². The van der Waals surface area contributed by atoms with Gasteiger partial charge in [0.25, 0.3) is 0 Å². The van der Waals surface area contributed by atoms with Crippen LogP contribution in [0.5, 0.6) is 0 Å². The minimum absolute atomic E-state index is 0.0552. The number of amides is 3. The number of guanidine groups is 2. The van der Waals surface area contributed by atoms with E-state index in [-0.39, 0.29) is 49.5 Å². The number of thiol groups is 1. The average Bonchev–Trinajstić information content (AvgIpc) is 2.84. The van der Waals surface area contributed by atoms with Gasteiger partial charge >= 0.3 is 5.97 Å². The second-order valence-electron chi connectivity index (χ2n) is 8.52. The van der Waals surface area contributed by atoms with Crippen LogP contribution in [0.25, 0.3) is 0 Å². The van der Waals surface area contributed by atoms with Crippen LogP contribution >= 0.6 is 12.6 Å².